The van der Waals surface area contributed by atoms with Crippen molar-refractivity contribution in [2.45, 2.75) is 51.0 Å². The number of fused-ring (bicyclic) bond motifs is 2. The van der Waals surface area contributed by atoms with Crippen molar-refractivity contribution in [3.05, 3.63) is 93.5 Å². The number of allylic oxidation sites excluding steroid dienone is 1. The summed E-state index contributed by atoms with van der Waals surface area (Å²) in [5.41, 5.74) is 6.72. The van der Waals surface area contributed by atoms with Crippen LogP contribution < -0.4 is 10.6 Å². The average Bonchev–Trinajstić information content (AvgIpc) is 3.23. The highest BCUT2D eigenvalue weighted by molar-refractivity contribution is 5.96. The first-order valence-corrected chi connectivity index (χ1v) is 15.9. The van der Waals surface area contributed by atoms with Gasteiger partial charge in [0.2, 0.25) is 5.91 Å². The monoisotopic (exact) mass is 600 g/mol. The second-order valence-corrected chi connectivity index (χ2v) is 12.1. The predicted octanol–water partition coefficient (Wildman–Crippen LogP) is 5.46. The molecular weight excluding hydrogens is 564 g/mol. The molecule has 2 aromatic heterocycles. The molecule has 1 aliphatic heterocycles. The Hall–Kier alpha value is -4.69. The van der Waals surface area contributed by atoms with Crippen LogP contribution in [-0.4, -0.2) is 52.6 Å². The third-order valence-electron chi connectivity index (χ3n) is 9.44. The summed E-state index contributed by atoms with van der Waals surface area (Å²) < 4.78 is 7.67. The summed E-state index contributed by atoms with van der Waals surface area (Å²) in [6, 6.07) is 18.8. The van der Waals surface area contributed by atoms with Crippen LogP contribution in [0.4, 0.5) is 0 Å². The fraction of sp³-hybridized carbons (Fsp3) is 0.324. The predicted molar refractivity (Wildman–Crippen MR) is 176 cm³/mol. The molecule has 228 valence electrons. The van der Waals surface area contributed by atoms with E-state index < -0.39 is 5.91 Å². The Bertz CT molecular complexity index is 1930. The molecule has 2 amide bonds. The highest BCUT2D eigenvalue weighted by atomic mass is 16.5. The molecule has 2 aromatic carbocycles. The topological polar surface area (TPSA) is 93.9 Å². The number of aromatic nitrogens is 2. The summed E-state index contributed by atoms with van der Waals surface area (Å²) >= 11 is 0. The molecular formula is C37H36N4O4. The first-order chi connectivity index (χ1) is 22.1. The lowest BCUT2D eigenvalue weighted by Gasteiger charge is -2.28. The van der Waals surface area contributed by atoms with E-state index in [1.54, 1.807) is 6.08 Å². The van der Waals surface area contributed by atoms with Gasteiger partial charge in [-0.05, 0) is 60.1 Å². The molecule has 0 radical (unpaired) electrons. The van der Waals surface area contributed by atoms with Crippen LogP contribution in [0.1, 0.15) is 50.0 Å². The van der Waals surface area contributed by atoms with E-state index in [-0.39, 0.29) is 18.9 Å². The normalized spacial score (nSPS) is 17.1. The molecule has 0 atom stereocenters. The lowest BCUT2D eigenvalue weighted by atomic mass is 9.82. The van der Waals surface area contributed by atoms with E-state index >= 15 is 0 Å². The van der Waals surface area contributed by atoms with Gasteiger partial charge in [-0.3, -0.25) is 14.6 Å². The van der Waals surface area contributed by atoms with Crippen LogP contribution in [-0.2, 0) is 20.9 Å². The molecule has 0 bridgehead atoms. The van der Waals surface area contributed by atoms with Crippen molar-refractivity contribution in [2.75, 3.05) is 26.3 Å². The highest BCUT2D eigenvalue weighted by Crippen LogP contribution is 2.37. The van der Waals surface area contributed by atoms with Gasteiger partial charge >= 0.3 is 5.91 Å². The van der Waals surface area contributed by atoms with Crippen molar-refractivity contribution in [3.8, 4) is 22.4 Å². The van der Waals surface area contributed by atoms with E-state index in [9.17, 15) is 14.5 Å². The molecule has 1 saturated carbocycles. The molecule has 4 aromatic rings. The largest absolute Gasteiger partial charge is 0.378 e. The van der Waals surface area contributed by atoms with Crippen molar-refractivity contribution < 1.29 is 14.3 Å². The van der Waals surface area contributed by atoms with Crippen molar-refractivity contribution >= 4 is 34.9 Å². The molecule has 7 rings (SSSR count). The number of hydrogen-bond donors (Lipinski definition) is 0. The summed E-state index contributed by atoms with van der Waals surface area (Å²) in [4.78, 5) is 44.0. The molecule has 0 spiro atoms. The minimum Gasteiger partial charge on any atom is -0.378 e. The zero-order valence-electron chi connectivity index (χ0n) is 25.3. The summed E-state index contributed by atoms with van der Waals surface area (Å²) in [7, 11) is 0. The summed E-state index contributed by atoms with van der Waals surface area (Å²) in [6.45, 7) is 2.37. The van der Waals surface area contributed by atoms with Crippen molar-refractivity contribution in [3.63, 3.8) is 0 Å². The number of nitrogens with zero attached hydrogens (tertiary/aromatic N) is 4. The number of nitroso groups, excluding NO2 is 1. The van der Waals surface area contributed by atoms with Crippen molar-refractivity contribution in [1.29, 1.82) is 0 Å². The number of rotatable bonds is 6. The maximum atomic E-state index is 13.8. The van der Waals surface area contributed by atoms with E-state index in [1.807, 2.05) is 41.4 Å². The van der Waals surface area contributed by atoms with E-state index in [0.717, 1.165) is 69.5 Å². The Balaban J connectivity index is 1.45. The number of benzene rings is 2. The Morgan fingerprint density at radius 3 is 2.47 bits per heavy atom. The molecule has 45 heavy (non-hydrogen) atoms. The summed E-state index contributed by atoms with van der Waals surface area (Å²) in [6.07, 6.45) is 13.5. The molecule has 0 unspecified atom stereocenters. The molecule has 2 aliphatic carbocycles. The lowest BCUT2D eigenvalue weighted by molar-refractivity contribution is -0.135. The van der Waals surface area contributed by atoms with E-state index in [4.69, 9.17) is 9.72 Å². The van der Waals surface area contributed by atoms with Crippen LogP contribution >= 0.6 is 0 Å². The zero-order chi connectivity index (χ0) is 30.8. The maximum Gasteiger partial charge on any atom is 0.313 e. The van der Waals surface area contributed by atoms with Gasteiger partial charge < -0.3 is 14.2 Å². The zero-order valence-corrected chi connectivity index (χ0v) is 25.3. The minimum absolute atomic E-state index is 0.0397. The molecule has 3 aliphatic rings. The maximum absolute atomic E-state index is 13.8. The smallest absolute Gasteiger partial charge is 0.313 e. The van der Waals surface area contributed by atoms with Gasteiger partial charge in [0.15, 0.2) is 0 Å². The molecule has 3 heterocycles. The van der Waals surface area contributed by atoms with E-state index in [2.05, 4.69) is 46.1 Å². The van der Waals surface area contributed by atoms with Crippen molar-refractivity contribution in [2.24, 2.45) is 5.18 Å². The summed E-state index contributed by atoms with van der Waals surface area (Å²) in [5, 5.41) is 5.65. The molecule has 0 N–H and O–H groups in total. The van der Waals surface area contributed by atoms with Gasteiger partial charge in [-0.2, -0.15) is 0 Å². The van der Waals surface area contributed by atoms with Gasteiger partial charge in [0.05, 0.1) is 24.4 Å². The number of carbonyl (C=O) groups is 2. The molecule has 8 nitrogen and oxygen atoms in total. The Morgan fingerprint density at radius 2 is 1.69 bits per heavy atom. The fourth-order valence-corrected chi connectivity index (χ4v) is 7.14. The third-order valence-corrected chi connectivity index (χ3v) is 9.44. The standard InChI is InChI=1S/C37H36N4O4/c42-34(40-17-19-45-20-18-40)24-41-33-16-13-27(37(43)39-44)11-14-31(33)35(26-9-5-2-6-10-26)36(41)28-12-15-32-29(21-28)22-30(23-38-32)25-7-3-1-4-8-25/h1,3-4,7-8,11-12,14-16,21-23,26H,2,5-6,9-10,13,17-20,24H2. The SMILES string of the molecule is O=NC(=O)C1=CC=c2c(C3CCCCC3)c(-c3ccc4ncc(-c5ccccc5)cc4c3)n(CC(=O)N3CCOCC3)c2=CC1. The van der Waals surface area contributed by atoms with Crippen LogP contribution in [0.2, 0.25) is 0 Å². The first kappa shape index (κ1) is 29.0. The minimum atomic E-state index is -0.751. The summed E-state index contributed by atoms with van der Waals surface area (Å²) in [5.74, 6) is -0.400. The van der Waals surface area contributed by atoms with Crippen LogP contribution in [0.25, 0.3) is 45.4 Å². The Labute approximate surface area is 261 Å². The number of hydrogen-bond acceptors (Lipinski definition) is 5. The van der Waals surface area contributed by atoms with Gasteiger partial charge in [0, 0.05) is 51.6 Å². The molecule has 1 saturated heterocycles. The van der Waals surface area contributed by atoms with Crippen LogP contribution in [0.5, 0.6) is 0 Å². The van der Waals surface area contributed by atoms with Gasteiger partial charge in [-0.1, -0.05) is 73.9 Å². The quantitative estimate of drug-likeness (QED) is 0.274. The van der Waals surface area contributed by atoms with Crippen LogP contribution in [0.15, 0.2) is 77.6 Å². The van der Waals surface area contributed by atoms with Gasteiger partial charge in [-0.15, -0.1) is 4.91 Å². The van der Waals surface area contributed by atoms with Crippen LogP contribution in [0.3, 0.4) is 0 Å². The highest BCUT2D eigenvalue weighted by Gasteiger charge is 2.28. The molecule has 2 fully saturated rings. The fourth-order valence-electron chi connectivity index (χ4n) is 7.14. The van der Waals surface area contributed by atoms with E-state index in [0.29, 0.717) is 37.8 Å². The average molecular weight is 601 g/mol. The van der Waals surface area contributed by atoms with Gasteiger partial charge in [0.25, 0.3) is 0 Å². The second kappa shape index (κ2) is 12.7. The lowest BCUT2D eigenvalue weighted by Crippen LogP contribution is -2.44. The van der Waals surface area contributed by atoms with Crippen LogP contribution in [0, 0.1) is 4.91 Å². The second-order valence-electron chi connectivity index (χ2n) is 12.1. The third kappa shape index (κ3) is 5.78. The van der Waals surface area contributed by atoms with E-state index in [1.165, 1.54) is 12.0 Å². The molecule has 8 heteroatoms. The number of morpholine rings is 1. The Morgan fingerprint density at radius 1 is 0.911 bits per heavy atom. The number of amides is 2. The van der Waals surface area contributed by atoms with Gasteiger partial charge in [-0.25, -0.2) is 0 Å². The first-order valence-electron chi connectivity index (χ1n) is 15.9. The number of ether oxygens (including phenoxy) is 1. The van der Waals surface area contributed by atoms with Crippen molar-refractivity contribution in [1.82, 2.24) is 14.5 Å². The Kier molecular flexibility index (Phi) is 8.22. The van der Waals surface area contributed by atoms with Gasteiger partial charge in [0.1, 0.15) is 6.54 Å². The number of pyridine rings is 1. The number of carbonyl (C=O) groups excluding carboxylic acids is 2.